The van der Waals surface area contributed by atoms with Crippen LogP contribution < -0.4 is 5.32 Å². The summed E-state index contributed by atoms with van der Waals surface area (Å²) in [5.74, 6) is -0.538. The maximum atomic E-state index is 11.5. The van der Waals surface area contributed by atoms with Crippen LogP contribution in [-0.4, -0.2) is 25.0 Å². The topological polar surface area (TPSA) is 55.4 Å². The standard InChI is InChI=1S/C24H45NO3/c1-3-5-6-7-8-9-10-11-12-13-14-15-16-17-18-19-21-25-23(26)20-22-28-24(27)4-2/h4H,2-3,5-22H2,1H3,(H,25,26). The Morgan fingerprint density at radius 2 is 1.18 bits per heavy atom. The van der Waals surface area contributed by atoms with E-state index in [9.17, 15) is 9.59 Å². The minimum atomic E-state index is -0.481. The molecule has 0 rings (SSSR count). The normalized spacial score (nSPS) is 10.6. The minimum absolute atomic E-state index is 0.0576. The summed E-state index contributed by atoms with van der Waals surface area (Å²) in [6, 6.07) is 0. The van der Waals surface area contributed by atoms with E-state index < -0.39 is 5.97 Å². The lowest BCUT2D eigenvalue weighted by Gasteiger charge is -2.06. The highest BCUT2D eigenvalue weighted by Gasteiger charge is 2.02. The van der Waals surface area contributed by atoms with Gasteiger partial charge in [0.25, 0.3) is 0 Å². The van der Waals surface area contributed by atoms with Crippen LogP contribution in [0.1, 0.15) is 116 Å². The second-order valence-corrected chi connectivity index (χ2v) is 7.77. The highest BCUT2D eigenvalue weighted by atomic mass is 16.5. The molecule has 0 atom stereocenters. The number of nitrogens with one attached hydrogen (secondary N) is 1. The summed E-state index contributed by atoms with van der Waals surface area (Å²) >= 11 is 0. The van der Waals surface area contributed by atoms with E-state index in [0.717, 1.165) is 12.5 Å². The van der Waals surface area contributed by atoms with Gasteiger partial charge in [-0.05, 0) is 6.42 Å². The number of carbonyl (C=O) groups excluding carboxylic acids is 2. The number of rotatable bonds is 21. The van der Waals surface area contributed by atoms with E-state index in [-0.39, 0.29) is 18.9 Å². The van der Waals surface area contributed by atoms with Gasteiger partial charge in [0, 0.05) is 12.6 Å². The monoisotopic (exact) mass is 395 g/mol. The van der Waals surface area contributed by atoms with Gasteiger partial charge in [0.15, 0.2) is 0 Å². The molecule has 0 aliphatic carbocycles. The number of unbranched alkanes of at least 4 members (excludes halogenated alkanes) is 15. The Morgan fingerprint density at radius 1 is 0.750 bits per heavy atom. The van der Waals surface area contributed by atoms with E-state index in [4.69, 9.17) is 4.74 Å². The number of amides is 1. The van der Waals surface area contributed by atoms with Gasteiger partial charge in [-0.3, -0.25) is 4.79 Å². The third-order valence-electron chi connectivity index (χ3n) is 5.09. The van der Waals surface area contributed by atoms with Crippen LogP contribution in [0.15, 0.2) is 12.7 Å². The molecule has 4 heteroatoms. The lowest BCUT2D eigenvalue weighted by molar-refractivity contribution is -0.138. The van der Waals surface area contributed by atoms with E-state index in [0.29, 0.717) is 6.54 Å². The zero-order valence-electron chi connectivity index (χ0n) is 18.4. The van der Waals surface area contributed by atoms with Crippen LogP contribution in [0.2, 0.25) is 0 Å². The predicted octanol–water partition coefficient (Wildman–Crippen LogP) is 6.48. The molecule has 0 saturated carbocycles. The Morgan fingerprint density at radius 3 is 1.61 bits per heavy atom. The minimum Gasteiger partial charge on any atom is -0.462 e. The van der Waals surface area contributed by atoms with Gasteiger partial charge >= 0.3 is 5.97 Å². The quantitative estimate of drug-likeness (QED) is 0.137. The molecule has 1 N–H and O–H groups in total. The van der Waals surface area contributed by atoms with Crippen LogP contribution in [0.25, 0.3) is 0 Å². The van der Waals surface area contributed by atoms with Crippen molar-refractivity contribution >= 4 is 11.9 Å². The van der Waals surface area contributed by atoms with Crippen molar-refractivity contribution in [3.05, 3.63) is 12.7 Å². The third-order valence-corrected chi connectivity index (χ3v) is 5.09. The fourth-order valence-electron chi connectivity index (χ4n) is 3.29. The molecule has 0 spiro atoms. The summed E-state index contributed by atoms with van der Waals surface area (Å²) in [5, 5.41) is 2.87. The summed E-state index contributed by atoms with van der Waals surface area (Å²) in [6.07, 6.45) is 22.9. The molecule has 0 aliphatic heterocycles. The summed E-state index contributed by atoms with van der Waals surface area (Å²) in [4.78, 5) is 22.4. The van der Waals surface area contributed by atoms with E-state index >= 15 is 0 Å². The molecule has 0 aromatic rings. The van der Waals surface area contributed by atoms with E-state index in [2.05, 4.69) is 18.8 Å². The third kappa shape index (κ3) is 21.0. The largest absolute Gasteiger partial charge is 0.462 e. The number of esters is 1. The van der Waals surface area contributed by atoms with E-state index in [1.807, 2.05) is 0 Å². The molecule has 0 aromatic heterocycles. The van der Waals surface area contributed by atoms with Crippen molar-refractivity contribution in [3.63, 3.8) is 0 Å². The molecule has 0 saturated heterocycles. The van der Waals surface area contributed by atoms with Crippen LogP contribution in [0.4, 0.5) is 0 Å². The van der Waals surface area contributed by atoms with Crippen molar-refractivity contribution in [2.24, 2.45) is 0 Å². The number of carbonyl (C=O) groups is 2. The number of hydrogen-bond acceptors (Lipinski definition) is 3. The zero-order valence-corrected chi connectivity index (χ0v) is 18.4. The van der Waals surface area contributed by atoms with Crippen LogP contribution in [0.3, 0.4) is 0 Å². The molecule has 4 nitrogen and oxygen atoms in total. The molecule has 164 valence electrons. The predicted molar refractivity (Wildman–Crippen MR) is 118 cm³/mol. The number of hydrogen-bond donors (Lipinski definition) is 1. The SMILES string of the molecule is C=CC(=O)OCCC(=O)NCCCCCCCCCCCCCCCCCC. The molecule has 0 unspecified atom stereocenters. The summed E-state index contributed by atoms with van der Waals surface area (Å²) in [6.45, 7) is 6.42. The highest BCUT2D eigenvalue weighted by molar-refractivity contribution is 5.81. The summed E-state index contributed by atoms with van der Waals surface area (Å²) in [5.41, 5.74) is 0. The molecular formula is C24H45NO3. The molecule has 0 heterocycles. The van der Waals surface area contributed by atoms with Gasteiger partial charge in [-0.1, -0.05) is 110 Å². The highest BCUT2D eigenvalue weighted by Crippen LogP contribution is 2.13. The lowest BCUT2D eigenvalue weighted by Crippen LogP contribution is -2.25. The van der Waals surface area contributed by atoms with E-state index in [1.54, 1.807) is 0 Å². The van der Waals surface area contributed by atoms with Gasteiger partial charge in [-0.2, -0.15) is 0 Å². The van der Waals surface area contributed by atoms with Gasteiger partial charge in [0.1, 0.15) is 6.61 Å². The van der Waals surface area contributed by atoms with E-state index in [1.165, 1.54) is 96.3 Å². The first-order valence-corrected chi connectivity index (χ1v) is 11.8. The van der Waals surface area contributed by atoms with Crippen LogP contribution in [-0.2, 0) is 14.3 Å². The maximum Gasteiger partial charge on any atom is 0.330 e. The lowest BCUT2D eigenvalue weighted by atomic mass is 10.0. The van der Waals surface area contributed by atoms with Crippen molar-refractivity contribution in [2.45, 2.75) is 116 Å². The Balaban J connectivity index is 3.14. The average molecular weight is 396 g/mol. The van der Waals surface area contributed by atoms with Crippen molar-refractivity contribution < 1.29 is 14.3 Å². The summed E-state index contributed by atoms with van der Waals surface area (Å²) < 4.78 is 4.78. The van der Waals surface area contributed by atoms with Crippen LogP contribution >= 0.6 is 0 Å². The Bertz CT molecular complexity index is 382. The summed E-state index contributed by atoms with van der Waals surface area (Å²) in [7, 11) is 0. The Hall–Kier alpha value is -1.32. The van der Waals surface area contributed by atoms with Crippen molar-refractivity contribution in [2.75, 3.05) is 13.2 Å². The fraction of sp³-hybridized carbons (Fsp3) is 0.833. The molecule has 0 aromatic carbocycles. The second-order valence-electron chi connectivity index (χ2n) is 7.77. The van der Waals surface area contributed by atoms with Crippen molar-refractivity contribution in [1.29, 1.82) is 0 Å². The first-order valence-electron chi connectivity index (χ1n) is 11.8. The molecule has 0 bridgehead atoms. The van der Waals surface area contributed by atoms with Gasteiger partial charge in [0.05, 0.1) is 6.42 Å². The first-order chi connectivity index (χ1) is 13.7. The first kappa shape index (κ1) is 26.7. The molecule has 1 amide bonds. The molecular weight excluding hydrogens is 350 g/mol. The maximum absolute atomic E-state index is 11.5. The van der Waals surface area contributed by atoms with Gasteiger partial charge in [-0.25, -0.2) is 4.79 Å². The Labute approximate surface area is 173 Å². The van der Waals surface area contributed by atoms with Gasteiger partial charge in [-0.15, -0.1) is 0 Å². The fourth-order valence-corrected chi connectivity index (χ4v) is 3.29. The molecule has 0 aliphatic rings. The Kier molecular flexibility index (Phi) is 20.9. The zero-order chi connectivity index (χ0) is 20.7. The van der Waals surface area contributed by atoms with Gasteiger partial charge < -0.3 is 10.1 Å². The van der Waals surface area contributed by atoms with Crippen molar-refractivity contribution in [3.8, 4) is 0 Å². The smallest absolute Gasteiger partial charge is 0.330 e. The van der Waals surface area contributed by atoms with Crippen LogP contribution in [0, 0.1) is 0 Å². The second kappa shape index (κ2) is 22.0. The van der Waals surface area contributed by atoms with Crippen molar-refractivity contribution in [1.82, 2.24) is 5.32 Å². The molecule has 0 fully saturated rings. The molecule has 28 heavy (non-hydrogen) atoms. The van der Waals surface area contributed by atoms with Gasteiger partial charge in [0.2, 0.25) is 5.91 Å². The van der Waals surface area contributed by atoms with Crippen LogP contribution in [0.5, 0.6) is 0 Å². The molecule has 0 radical (unpaired) electrons. The number of ether oxygens (including phenoxy) is 1. The average Bonchev–Trinajstić information content (AvgIpc) is 2.70.